The molecule has 122 valence electrons. The van der Waals surface area contributed by atoms with Gasteiger partial charge in [-0.15, -0.1) is 0 Å². The van der Waals surface area contributed by atoms with Gasteiger partial charge in [0.05, 0.1) is 6.54 Å². The van der Waals surface area contributed by atoms with E-state index in [0.29, 0.717) is 4.47 Å². The molecule has 0 fully saturated rings. The van der Waals surface area contributed by atoms with Crippen molar-refractivity contribution in [3.8, 4) is 0 Å². The lowest BCUT2D eigenvalue weighted by molar-refractivity contribution is -0.165. The monoisotopic (exact) mass is 423 g/mol. The zero-order chi connectivity index (χ0) is 17.0. The van der Waals surface area contributed by atoms with Gasteiger partial charge in [0.15, 0.2) is 11.1 Å². The average molecular weight is 425 g/mol. The summed E-state index contributed by atoms with van der Waals surface area (Å²) >= 11 is 9.50. The van der Waals surface area contributed by atoms with E-state index in [0.717, 1.165) is 17.2 Å². The molecule has 0 spiro atoms. The van der Waals surface area contributed by atoms with E-state index < -0.39 is 36.4 Å². The number of hydrogen-bond donors (Lipinski definition) is 0. The first-order chi connectivity index (χ1) is 10.8. The number of ketones is 1. The smallest absolute Gasteiger partial charge is 0.382 e. The summed E-state index contributed by atoms with van der Waals surface area (Å²) in [6.45, 7) is -1.17. The summed E-state index contributed by atoms with van der Waals surface area (Å²) in [5, 5.41) is 1.06. The second kappa shape index (κ2) is 7.55. The number of halogens is 4. The van der Waals surface area contributed by atoms with E-state index in [-0.39, 0.29) is 10.1 Å². The fourth-order valence-corrected chi connectivity index (χ4v) is 2.93. The van der Waals surface area contributed by atoms with Gasteiger partial charge in [0, 0.05) is 15.6 Å². The number of benzene rings is 1. The molecule has 1 aromatic rings. The first-order valence-electron chi connectivity index (χ1n) is 6.21. The molecule has 0 bridgehead atoms. The third-order valence-electron chi connectivity index (χ3n) is 2.84. The lowest BCUT2D eigenvalue weighted by Gasteiger charge is -2.19. The van der Waals surface area contributed by atoms with Gasteiger partial charge >= 0.3 is 11.9 Å². The molecule has 0 amide bonds. The summed E-state index contributed by atoms with van der Waals surface area (Å²) in [5.74, 6) is -6.24. The molecule has 0 aromatic heterocycles. The molecule has 1 aliphatic heterocycles. The molecule has 0 saturated heterocycles. The van der Waals surface area contributed by atoms with E-state index in [4.69, 9.17) is 11.6 Å². The van der Waals surface area contributed by atoms with Gasteiger partial charge in [-0.2, -0.15) is 8.78 Å². The summed E-state index contributed by atoms with van der Waals surface area (Å²) < 4.78 is 33.0. The topological polar surface area (TPSA) is 55.7 Å². The molecule has 1 heterocycles. The van der Waals surface area contributed by atoms with E-state index in [2.05, 4.69) is 25.7 Å². The number of Topliss-reactive ketones (excluding diaryl/α,β-unsaturated/α-hetero) is 1. The van der Waals surface area contributed by atoms with Crippen molar-refractivity contribution < 1.29 is 23.1 Å². The van der Waals surface area contributed by atoms with Crippen LogP contribution in [0.4, 0.5) is 8.78 Å². The van der Waals surface area contributed by atoms with Crippen LogP contribution < -0.4 is 0 Å². The van der Waals surface area contributed by atoms with Crippen molar-refractivity contribution in [1.29, 1.82) is 0 Å². The minimum Gasteiger partial charge on any atom is -0.453 e. The lowest BCUT2D eigenvalue weighted by Crippen LogP contribution is -2.35. The molecule has 9 heteroatoms. The highest BCUT2D eigenvalue weighted by Gasteiger charge is 2.45. The van der Waals surface area contributed by atoms with Crippen LogP contribution in [-0.4, -0.2) is 35.3 Å². The Kier molecular flexibility index (Phi) is 5.94. The van der Waals surface area contributed by atoms with Crippen molar-refractivity contribution in [2.45, 2.75) is 5.92 Å². The van der Waals surface area contributed by atoms with E-state index in [1.54, 1.807) is 18.2 Å². The van der Waals surface area contributed by atoms with E-state index in [1.807, 2.05) is 0 Å². The third-order valence-corrected chi connectivity index (χ3v) is 4.64. The molecule has 2 rings (SSSR count). The zero-order valence-electron chi connectivity index (χ0n) is 11.4. The molecule has 0 saturated carbocycles. The number of carbonyl (C=O) groups excluding carboxylic acids is 2. The number of rotatable bonds is 5. The quantitative estimate of drug-likeness (QED) is 0.529. The Morgan fingerprint density at radius 1 is 1.39 bits per heavy atom. The molecular formula is C14H9BrClF2NO3S. The Hall–Kier alpha value is -1.25. The number of alkyl halides is 2. The molecule has 23 heavy (non-hydrogen) atoms. The maximum absolute atomic E-state index is 14.0. The number of ether oxygens (including phenoxy) is 1. The van der Waals surface area contributed by atoms with Gasteiger partial charge in [-0.1, -0.05) is 57.5 Å². The highest BCUT2D eigenvalue weighted by atomic mass is 79.9. The van der Waals surface area contributed by atoms with Gasteiger partial charge in [0.1, 0.15) is 0 Å². The Morgan fingerprint density at radius 3 is 2.70 bits per heavy atom. The standard InChI is InChI=1S/C14H9BrClF2NO3S/c15-10-4-2-1-3-9(10)11(20)6-22-12(21)14(17,18)8-5-19-13(16)23-7-8/h1-4,7H,5-6H2. The van der Waals surface area contributed by atoms with Crippen LogP contribution in [0.15, 0.2) is 44.7 Å². The largest absolute Gasteiger partial charge is 0.453 e. The third kappa shape index (κ3) is 4.39. The van der Waals surface area contributed by atoms with Crippen molar-refractivity contribution in [1.82, 2.24) is 0 Å². The Bertz CT molecular complexity index is 709. The van der Waals surface area contributed by atoms with Crippen LogP contribution in [0, 0.1) is 0 Å². The number of thioether (sulfide) groups is 1. The van der Waals surface area contributed by atoms with Crippen molar-refractivity contribution >= 4 is 55.5 Å². The van der Waals surface area contributed by atoms with Crippen molar-refractivity contribution in [3.63, 3.8) is 0 Å². The summed E-state index contributed by atoms with van der Waals surface area (Å²) in [6.07, 6.45) is 0. The number of carbonyl (C=O) groups is 2. The molecule has 0 N–H and O–H groups in total. The van der Waals surface area contributed by atoms with Crippen LogP contribution in [0.2, 0.25) is 0 Å². The number of aliphatic imine (C=N–C) groups is 1. The summed E-state index contributed by atoms with van der Waals surface area (Å²) in [5.41, 5.74) is -0.280. The summed E-state index contributed by atoms with van der Waals surface area (Å²) in [4.78, 5) is 27.1. The van der Waals surface area contributed by atoms with Crippen LogP contribution >= 0.6 is 39.3 Å². The fraction of sp³-hybridized carbons (Fsp3) is 0.214. The molecule has 4 nitrogen and oxygen atoms in total. The maximum Gasteiger partial charge on any atom is 0.382 e. The minimum absolute atomic E-state index is 0.113. The minimum atomic E-state index is -3.86. The van der Waals surface area contributed by atoms with Gasteiger partial charge in [0.2, 0.25) is 5.78 Å². The molecule has 0 unspecified atom stereocenters. The van der Waals surface area contributed by atoms with E-state index >= 15 is 0 Å². The lowest BCUT2D eigenvalue weighted by atomic mass is 10.1. The number of hydrogen-bond acceptors (Lipinski definition) is 5. The van der Waals surface area contributed by atoms with Gasteiger partial charge in [0.25, 0.3) is 0 Å². The highest BCUT2D eigenvalue weighted by molar-refractivity contribution is 9.10. The van der Waals surface area contributed by atoms with Crippen molar-refractivity contribution in [2.24, 2.45) is 4.99 Å². The maximum atomic E-state index is 14.0. The van der Waals surface area contributed by atoms with Crippen LogP contribution in [-0.2, 0) is 9.53 Å². The average Bonchev–Trinajstić information content (AvgIpc) is 2.53. The second-order valence-corrected chi connectivity index (χ2v) is 6.68. The van der Waals surface area contributed by atoms with Gasteiger partial charge in [-0.05, 0) is 11.5 Å². The number of esters is 1. The molecule has 0 radical (unpaired) electrons. The normalized spacial score (nSPS) is 14.8. The van der Waals surface area contributed by atoms with E-state index in [9.17, 15) is 18.4 Å². The van der Waals surface area contributed by atoms with Crippen LogP contribution in [0.25, 0.3) is 0 Å². The summed E-state index contributed by atoms with van der Waals surface area (Å²) in [6, 6.07) is 6.42. The molecule has 0 atom stereocenters. The Balaban J connectivity index is 1.99. The Morgan fingerprint density at radius 2 is 2.09 bits per heavy atom. The SMILES string of the molecule is O=C(COC(=O)C(F)(F)C1=CSC(Cl)=NC1)c1ccccc1Br. The Labute approximate surface area is 148 Å². The first-order valence-corrected chi connectivity index (χ1v) is 8.26. The van der Waals surface area contributed by atoms with Crippen molar-refractivity contribution in [2.75, 3.05) is 13.2 Å². The van der Waals surface area contributed by atoms with Gasteiger partial charge in [-0.25, -0.2) is 4.79 Å². The first kappa shape index (κ1) is 18.1. The van der Waals surface area contributed by atoms with Crippen molar-refractivity contribution in [3.05, 3.63) is 45.3 Å². The number of nitrogens with zero attached hydrogens (tertiary/aromatic N) is 1. The zero-order valence-corrected chi connectivity index (χ0v) is 14.6. The van der Waals surface area contributed by atoms with Gasteiger partial charge in [-0.3, -0.25) is 9.79 Å². The second-order valence-electron chi connectivity index (χ2n) is 4.38. The highest BCUT2D eigenvalue weighted by Crippen LogP contribution is 2.32. The molecular weight excluding hydrogens is 416 g/mol. The van der Waals surface area contributed by atoms with Gasteiger partial charge < -0.3 is 4.74 Å². The molecule has 0 aliphatic carbocycles. The molecule has 1 aromatic carbocycles. The molecule has 1 aliphatic rings. The van der Waals surface area contributed by atoms with Crippen LogP contribution in [0.5, 0.6) is 0 Å². The van der Waals surface area contributed by atoms with E-state index in [1.165, 1.54) is 6.07 Å². The van der Waals surface area contributed by atoms with Crippen LogP contribution in [0.3, 0.4) is 0 Å². The summed E-state index contributed by atoms with van der Waals surface area (Å²) in [7, 11) is 0. The predicted octanol–water partition coefficient (Wildman–Crippen LogP) is 4.04. The predicted molar refractivity (Wildman–Crippen MR) is 88.2 cm³/mol. The fourth-order valence-electron chi connectivity index (χ4n) is 1.63. The van der Waals surface area contributed by atoms with Crippen LogP contribution in [0.1, 0.15) is 10.4 Å².